The fraction of sp³-hybridized carbons (Fsp3) is 0.700. The molecule has 0 saturated heterocycles. The zero-order valence-corrected chi connectivity index (χ0v) is 10.2. The van der Waals surface area contributed by atoms with Gasteiger partial charge >= 0.3 is 6.18 Å². The topological polar surface area (TPSA) is 28.2 Å². The van der Waals surface area contributed by atoms with E-state index in [1.54, 1.807) is 6.20 Å². The van der Waals surface area contributed by atoms with Crippen molar-refractivity contribution in [2.24, 2.45) is 0 Å². The second-order valence-corrected chi connectivity index (χ2v) is 5.33. The third-order valence-electron chi connectivity index (χ3n) is 2.43. The molecular formula is C10H14F3N3S. The fourth-order valence-electron chi connectivity index (χ4n) is 1.42. The number of nitrogens with zero attached hydrogens (tertiary/aromatic N) is 2. The summed E-state index contributed by atoms with van der Waals surface area (Å²) in [5.74, 6) is 0. The van der Waals surface area contributed by atoms with Gasteiger partial charge in [-0.15, -0.1) is 11.3 Å². The highest BCUT2D eigenvalue weighted by Gasteiger charge is 2.30. The van der Waals surface area contributed by atoms with Gasteiger partial charge in [-0.2, -0.15) is 13.2 Å². The van der Waals surface area contributed by atoms with Crippen LogP contribution in [0.3, 0.4) is 0 Å². The Morgan fingerprint density at radius 3 is 2.82 bits per heavy atom. The van der Waals surface area contributed by atoms with E-state index < -0.39 is 12.7 Å². The van der Waals surface area contributed by atoms with Crippen molar-refractivity contribution in [3.63, 3.8) is 0 Å². The predicted octanol–water partition coefficient (Wildman–Crippen LogP) is 2.39. The second kappa shape index (κ2) is 4.81. The van der Waals surface area contributed by atoms with Crippen LogP contribution < -0.4 is 10.2 Å². The molecule has 0 unspecified atom stereocenters. The van der Waals surface area contributed by atoms with Crippen molar-refractivity contribution in [1.82, 2.24) is 10.3 Å². The number of thiazole rings is 1. The molecule has 17 heavy (non-hydrogen) atoms. The molecule has 3 nitrogen and oxygen atoms in total. The molecule has 0 aromatic carbocycles. The lowest BCUT2D eigenvalue weighted by atomic mass is 10.5. The van der Waals surface area contributed by atoms with Crippen molar-refractivity contribution in [2.75, 3.05) is 18.5 Å². The molecule has 1 fully saturated rings. The Hall–Kier alpha value is -0.820. The van der Waals surface area contributed by atoms with Gasteiger partial charge in [0.25, 0.3) is 0 Å². The number of halogens is 3. The third kappa shape index (κ3) is 4.16. The number of nitrogens with one attached hydrogen (secondary N) is 1. The number of hydrogen-bond donors (Lipinski definition) is 1. The normalized spacial score (nSPS) is 16.2. The zero-order chi connectivity index (χ0) is 12.5. The lowest BCUT2D eigenvalue weighted by molar-refractivity contribution is -0.119. The van der Waals surface area contributed by atoms with Crippen LogP contribution >= 0.6 is 11.3 Å². The largest absolute Gasteiger partial charge is 0.405 e. The SMILES string of the molecule is CN(CC(F)(F)F)c1ncc(CNC2CC2)s1. The van der Waals surface area contributed by atoms with E-state index >= 15 is 0 Å². The van der Waals surface area contributed by atoms with Crippen molar-refractivity contribution in [2.45, 2.75) is 31.6 Å². The number of anilines is 1. The van der Waals surface area contributed by atoms with Crippen LogP contribution in [0.5, 0.6) is 0 Å². The van der Waals surface area contributed by atoms with Crippen LogP contribution in [0.4, 0.5) is 18.3 Å². The summed E-state index contributed by atoms with van der Waals surface area (Å²) in [5.41, 5.74) is 0. The maximum atomic E-state index is 12.2. The zero-order valence-electron chi connectivity index (χ0n) is 9.42. The molecule has 1 aliphatic rings. The maximum absolute atomic E-state index is 12.2. The highest BCUT2D eigenvalue weighted by Crippen LogP contribution is 2.26. The first-order chi connectivity index (χ1) is 7.94. The summed E-state index contributed by atoms with van der Waals surface area (Å²) in [6.07, 6.45) is -0.158. The summed E-state index contributed by atoms with van der Waals surface area (Å²) in [6, 6.07) is 0.591. The van der Waals surface area contributed by atoms with E-state index in [4.69, 9.17) is 0 Å². The summed E-state index contributed by atoms with van der Waals surface area (Å²) >= 11 is 1.30. The molecule has 96 valence electrons. The molecule has 0 aliphatic heterocycles. The first kappa shape index (κ1) is 12.6. The third-order valence-corrected chi connectivity index (χ3v) is 3.54. The molecule has 0 spiro atoms. The van der Waals surface area contributed by atoms with Crippen molar-refractivity contribution >= 4 is 16.5 Å². The van der Waals surface area contributed by atoms with Crippen LogP contribution in [-0.2, 0) is 6.54 Å². The Morgan fingerprint density at radius 2 is 2.24 bits per heavy atom. The number of alkyl halides is 3. The molecule has 0 radical (unpaired) electrons. The molecular weight excluding hydrogens is 251 g/mol. The molecule has 1 aromatic rings. The summed E-state index contributed by atoms with van der Waals surface area (Å²) in [7, 11) is 1.41. The van der Waals surface area contributed by atoms with Gasteiger partial charge in [0.1, 0.15) is 6.54 Å². The molecule has 7 heteroatoms. The quantitative estimate of drug-likeness (QED) is 0.886. The Labute approximate surface area is 102 Å². The van der Waals surface area contributed by atoms with Crippen LogP contribution in [0.25, 0.3) is 0 Å². The molecule has 0 amide bonds. The first-order valence-corrected chi connectivity index (χ1v) is 6.22. The van der Waals surface area contributed by atoms with Gasteiger partial charge in [-0.1, -0.05) is 0 Å². The van der Waals surface area contributed by atoms with Gasteiger partial charge in [-0.3, -0.25) is 0 Å². The average molecular weight is 265 g/mol. The lowest BCUT2D eigenvalue weighted by Gasteiger charge is -2.17. The smallest absolute Gasteiger partial charge is 0.342 e. The Balaban J connectivity index is 1.87. The second-order valence-electron chi connectivity index (χ2n) is 4.24. The molecule has 1 heterocycles. The van der Waals surface area contributed by atoms with Crippen molar-refractivity contribution in [3.05, 3.63) is 11.1 Å². The molecule has 0 bridgehead atoms. The van der Waals surface area contributed by atoms with E-state index in [-0.39, 0.29) is 0 Å². The monoisotopic (exact) mass is 265 g/mol. The van der Waals surface area contributed by atoms with E-state index in [1.807, 2.05) is 0 Å². The first-order valence-electron chi connectivity index (χ1n) is 5.40. The number of aromatic nitrogens is 1. The van der Waals surface area contributed by atoms with Crippen molar-refractivity contribution < 1.29 is 13.2 Å². The van der Waals surface area contributed by atoms with Gasteiger partial charge in [-0.25, -0.2) is 4.98 Å². The highest BCUT2D eigenvalue weighted by atomic mass is 32.1. The van der Waals surface area contributed by atoms with Gasteiger partial charge in [0.2, 0.25) is 0 Å². The molecule has 1 N–H and O–H groups in total. The van der Waals surface area contributed by atoms with Crippen LogP contribution in [0.2, 0.25) is 0 Å². The molecule has 2 rings (SSSR count). The van der Waals surface area contributed by atoms with E-state index in [0.29, 0.717) is 17.7 Å². The Kier molecular flexibility index (Phi) is 3.58. The van der Waals surface area contributed by atoms with E-state index in [9.17, 15) is 13.2 Å². The van der Waals surface area contributed by atoms with Crippen LogP contribution in [0.1, 0.15) is 17.7 Å². The van der Waals surface area contributed by atoms with E-state index in [1.165, 1.54) is 31.2 Å². The average Bonchev–Trinajstić information content (AvgIpc) is 2.90. The van der Waals surface area contributed by atoms with Crippen molar-refractivity contribution in [3.8, 4) is 0 Å². The minimum absolute atomic E-state index is 0.412. The summed E-state index contributed by atoms with van der Waals surface area (Å²) in [5, 5.41) is 3.72. The molecule has 0 atom stereocenters. The van der Waals surface area contributed by atoms with Crippen LogP contribution in [-0.4, -0.2) is 30.8 Å². The molecule has 1 aromatic heterocycles. The van der Waals surface area contributed by atoms with E-state index in [0.717, 1.165) is 9.78 Å². The fourth-order valence-corrected chi connectivity index (χ4v) is 2.25. The van der Waals surface area contributed by atoms with Gasteiger partial charge < -0.3 is 10.2 Å². The van der Waals surface area contributed by atoms with Gasteiger partial charge in [0, 0.05) is 30.7 Å². The lowest BCUT2D eigenvalue weighted by Crippen LogP contribution is -2.30. The van der Waals surface area contributed by atoms with Crippen LogP contribution in [0, 0.1) is 0 Å². The minimum Gasteiger partial charge on any atom is -0.342 e. The highest BCUT2D eigenvalue weighted by molar-refractivity contribution is 7.15. The summed E-state index contributed by atoms with van der Waals surface area (Å²) in [4.78, 5) is 6.11. The maximum Gasteiger partial charge on any atom is 0.405 e. The predicted molar refractivity (Wildman–Crippen MR) is 61.3 cm³/mol. The number of hydrogen-bond acceptors (Lipinski definition) is 4. The number of rotatable bonds is 5. The summed E-state index contributed by atoms with van der Waals surface area (Å²) in [6.45, 7) is -0.266. The van der Waals surface area contributed by atoms with Gasteiger partial charge in [0.05, 0.1) is 0 Å². The van der Waals surface area contributed by atoms with Gasteiger partial charge in [-0.05, 0) is 12.8 Å². The van der Waals surface area contributed by atoms with E-state index in [2.05, 4.69) is 10.3 Å². The van der Waals surface area contributed by atoms with Gasteiger partial charge in [0.15, 0.2) is 5.13 Å². The van der Waals surface area contributed by atoms with Crippen molar-refractivity contribution in [1.29, 1.82) is 0 Å². The molecule has 1 saturated carbocycles. The Bertz CT molecular complexity index is 373. The minimum atomic E-state index is -4.19. The Morgan fingerprint density at radius 1 is 1.53 bits per heavy atom. The standard InChI is InChI=1S/C10H14F3N3S/c1-16(6-10(11,12)13)9-15-5-8(17-9)4-14-7-2-3-7/h5,7,14H,2-4,6H2,1H3. The molecule has 1 aliphatic carbocycles. The van der Waals surface area contributed by atoms with Crippen LogP contribution in [0.15, 0.2) is 6.20 Å². The summed E-state index contributed by atoms with van der Waals surface area (Å²) < 4.78 is 36.6.